The number of unbranched alkanes of at least 4 members (excludes halogenated alkanes) is 14. The Labute approximate surface area is 204 Å². The van der Waals surface area contributed by atoms with Gasteiger partial charge in [0.05, 0.1) is 0 Å². The van der Waals surface area contributed by atoms with E-state index in [9.17, 15) is 0 Å². The van der Waals surface area contributed by atoms with Crippen molar-refractivity contribution in [1.29, 1.82) is 0 Å². The third-order valence-corrected chi connectivity index (χ3v) is 5.58. The lowest BCUT2D eigenvalue weighted by Gasteiger charge is -2.22. The quantitative estimate of drug-likeness (QED) is 0.0665. The molecule has 0 aromatic heterocycles. The van der Waals surface area contributed by atoms with E-state index in [1.807, 2.05) is 0 Å². The molecule has 0 radical (unpaired) electrons. The van der Waals surface area contributed by atoms with Crippen molar-refractivity contribution in [3.05, 3.63) is 0 Å². The Morgan fingerprint density at radius 1 is 0.636 bits per heavy atom. The highest BCUT2D eigenvalue weighted by molar-refractivity contribution is 7.79. The van der Waals surface area contributed by atoms with Crippen LogP contribution in [-0.2, 0) is 10.4 Å². The van der Waals surface area contributed by atoms with Gasteiger partial charge in [-0.25, -0.2) is 0 Å². The van der Waals surface area contributed by atoms with Crippen LogP contribution < -0.4 is 11.5 Å². The Morgan fingerprint density at radius 3 is 1.27 bits per heavy atom. The van der Waals surface area contributed by atoms with Crippen LogP contribution in [0.2, 0.25) is 0 Å². The minimum absolute atomic E-state index is 0.220. The molecule has 0 bridgehead atoms. The Bertz CT molecular complexity index is 499. The van der Waals surface area contributed by atoms with E-state index in [2.05, 4.69) is 23.7 Å². The van der Waals surface area contributed by atoms with Crippen molar-refractivity contribution in [2.45, 2.75) is 123 Å². The largest absolute Gasteiger partial charge is 0.394 e. The molecular formula is C24H54N4O4S. The van der Waals surface area contributed by atoms with Crippen LogP contribution in [0, 0.1) is 0 Å². The molecule has 0 aromatic rings. The van der Waals surface area contributed by atoms with Gasteiger partial charge in [0.2, 0.25) is 0 Å². The van der Waals surface area contributed by atoms with Gasteiger partial charge >= 0.3 is 10.4 Å². The number of hydrogen-bond donors (Lipinski definition) is 4. The van der Waals surface area contributed by atoms with E-state index in [1.165, 1.54) is 116 Å². The van der Waals surface area contributed by atoms with Gasteiger partial charge in [0.15, 0.2) is 5.96 Å². The minimum atomic E-state index is -4.67. The lowest BCUT2D eigenvalue weighted by Crippen LogP contribution is -2.28. The van der Waals surface area contributed by atoms with Crippen molar-refractivity contribution < 1.29 is 17.5 Å². The van der Waals surface area contributed by atoms with Gasteiger partial charge in [-0.15, -0.1) is 0 Å². The standard InChI is InChI=1S/C24H52N4.H2O4S/c1-3-5-7-9-11-13-15-17-21-28(23-19-20-27-24(25)26)22-18-16-14-12-10-8-6-4-2;1-5(2,3)4/h3-23H2,1-2H3,(H4,25,26,27);(H2,1,2,3,4). The van der Waals surface area contributed by atoms with Crippen molar-refractivity contribution in [2.75, 3.05) is 26.2 Å². The molecule has 0 aliphatic heterocycles. The zero-order chi connectivity index (χ0) is 25.2. The maximum atomic E-state index is 8.74. The molecule has 8 nitrogen and oxygen atoms in total. The zero-order valence-electron chi connectivity index (χ0n) is 21.5. The first-order chi connectivity index (χ1) is 15.7. The first-order valence-corrected chi connectivity index (χ1v) is 14.6. The van der Waals surface area contributed by atoms with Crippen LogP contribution >= 0.6 is 0 Å². The minimum Gasteiger partial charge on any atom is -0.370 e. The van der Waals surface area contributed by atoms with Crippen LogP contribution in [0.5, 0.6) is 0 Å². The highest BCUT2D eigenvalue weighted by atomic mass is 32.3. The van der Waals surface area contributed by atoms with Crippen LogP contribution in [-0.4, -0.2) is 54.6 Å². The highest BCUT2D eigenvalue weighted by Crippen LogP contribution is 2.11. The van der Waals surface area contributed by atoms with E-state index in [0.717, 1.165) is 19.5 Å². The number of nitrogens with two attached hydrogens (primary N) is 2. The molecule has 6 N–H and O–H groups in total. The van der Waals surface area contributed by atoms with Crippen LogP contribution in [0.3, 0.4) is 0 Å². The zero-order valence-corrected chi connectivity index (χ0v) is 22.3. The van der Waals surface area contributed by atoms with E-state index < -0.39 is 10.4 Å². The van der Waals surface area contributed by atoms with Gasteiger partial charge in [0.1, 0.15) is 0 Å². The molecule has 0 atom stereocenters. The molecule has 0 aliphatic carbocycles. The second-order valence-electron chi connectivity index (χ2n) is 8.90. The van der Waals surface area contributed by atoms with Crippen molar-refractivity contribution in [3.8, 4) is 0 Å². The monoisotopic (exact) mass is 494 g/mol. The molecule has 0 spiro atoms. The lowest BCUT2D eigenvalue weighted by atomic mass is 10.1. The Balaban J connectivity index is 0. The molecular weight excluding hydrogens is 440 g/mol. The molecule has 0 rings (SSSR count). The summed E-state index contributed by atoms with van der Waals surface area (Å²) in [7, 11) is -4.67. The summed E-state index contributed by atoms with van der Waals surface area (Å²) < 4.78 is 31.6. The SMILES string of the molecule is CCCCCCCCCCN(CCCCCCCCCC)CCCN=C(N)N.O=S(=O)(O)O. The topological polar surface area (TPSA) is 142 Å². The Kier molecular flexibility index (Phi) is 26.7. The second-order valence-corrected chi connectivity index (χ2v) is 9.80. The lowest BCUT2D eigenvalue weighted by molar-refractivity contribution is 0.258. The van der Waals surface area contributed by atoms with Crippen LogP contribution in [0.4, 0.5) is 0 Å². The van der Waals surface area contributed by atoms with E-state index in [4.69, 9.17) is 29.0 Å². The van der Waals surface area contributed by atoms with Gasteiger partial charge in [-0.05, 0) is 38.9 Å². The van der Waals surface area contributed by atoms with Gasteiger partial charge in [-0.1, -0.05) is 104 Å². The molecule has 0 unspecified atom stereocenters. The van der Waals surface area contributed by atoms with Gasteiger partial charge in [0.25, 0.3) is 0 Å². The van der Waals surface area contributed by atoms with Gasteiger partial charge < -0.3 is 16.4 Å². The average Bonchev–Trinajstić information content (AvgIpc) is 2.73. The molecule has 9 heteroatoms. The summed E-state index contributed by atoms with van der Waals surface area (Å²) in [6.45, 7) is 8.94. The fourth-order valence-electron chi connectivity index (χ4n) is 3.78. The first-order valence-electron chi connectivity index (χ1n) is 13.2. The summed E-state index contributed by atoms with van der Waals surface area (Å²) >= 11 is 0. The first kappa shape index (κ1) is 34.3. The van der Waals surface area contributed by atoms with Gasteiger partial charge in [-0.2, -0.15) is 8.42 Å². The Morgan fingerprint density at radius 2 is 0.939 bits per heavy atom. The van der Waals surface area contributed by atoms with E-state index in [1.54, 1.807) is 0 Å². The summed E-state index contributed by atoms with van der Waals surface area (Å²) in [6, 6.07) is 0. The van der Waals surface area contributed by atoms with Crippen molar-refractivity contribution in [2.24, 2.45) is 16.5 Å². The van der Waals surface area contributed by atoms with E-state index >= 15 is 0 Å². The van der Waals surface area contributed by atoms with E-state index in [0.29, 0.717) is 0 Å². The molecule has 0 amide bonds. The third kappa shape index (κ3) is 38.7. The normalized spacial score (nSPS) is 11.3. The number of aliphatic imine (C=N–C) groups is 1. The fourth-order valence-corrected chi connectivity index (χ4v) is 3.78. The average molecular weight is 495 g/mol. The van der Waals surface area contributed by atoms with Crippen LogP contribution in [0.25, 0.3) is 0 Å². The smallest absolute Gasteiger partial charge is 0.370 e. The van der Waals surface area contributed by atoms with Crippen molar-refractivity contribution in [1.82, 2.24) is 4.90 Å². The number of nitrogens with zero attached hydrogens (tertiary/aromatic N) is 2. The maximum Gasteiger partial charge on any atom is 0.394 e. The molecule has 0 saturated carbocycles. The van der Waals surface area contributed by atoms with Gasteiger partial charge in [0, 0.05) is 6.54 Å². The summed E-state index contributed by atoms with van der Waals surface area (Å²) in [5.74, 6) is 0.220. The second kappa shape index (κ2) is 25.7. The van der Waals surface area contributed by atoms with E-state index in [-0.39, 0.29) is 5.96 Å². The summed E-state index contributed by atoms with van der Waals surface area (Å²) in [5, 5.41) is 0. The van der Waals surface area contributed by atoms with Crippen molar-refractivity contribution in [3.63, 3.8) is 0 Å². The molecule has 33 heavy (non-hydrogen) atoms. The third-order valence-electron chi connectivity index (χ3n) is 5.58. The highest BCUT2D eigenvalue weighted by Gasteiger charge is 2.05. The van der Waals surface area contributed by atoms with Crippen LogP contribution in [0.1, 0.15) is 123 Å². The molecule has 0 heterocycles. The maximum absolute atomic E-state index is 8.74. The molecule has 0 saturated heterocycles. The molecule has 200 valence electrons. The Hall–Kier alpha value is -0.900. The molecule has 0 aliphatic rings. The number of rotatable bonds is 22. The summed E-state index contributed by atoms with van der Waals surface area (Å²) in [5.41, 5.74) is 10.9. The number of hydrogen-bond acceptors (Lipinski definition) is 4. The van der Waals surface area contributed by atoms with Crippen molar-refractivity contribution >= 4 is 16.4 Å². The fraction of sp³-hybridized carbons (Fsp3) is 0.958. The molecule has 0 fully saturated rings. The predicted octanol–water partition coefficient (Wildman–Crippen LogP) is 5.58. The van der Waals surface area contributed by atoms with Gasteiger partial charge in [-0.3, -0.25) is 14.1 Å². The molecule has 0 aromatic carbocycles. The summed E-state index contributed by atoms with van der Waals surface area (Å²) in [4.78, 5) is 6.78. The predicted molar refractivity (Wildman–Crippen MR) is 141 cm³/mol. The summed E-state index contributed by atoms with van der Waals surface area (Å²) in [6.07, 6.45) is 23.3. The number of guanidine groups is 1. The van der Waals surface area contributed by atoms with Crippen LogP contribution in [0.15, 0.2) is 4.99 Å².